The van der Waals surface area contributed by atoms with Crippen molar-refractivity contribution in [2.45, 2.75) is 26.3 Å². The normalized spacial score (nSPS) is 14.6. The fourth-order valence-electron chi connectivity index (χ4n) is 1.94. The highest BCUT2D eigenvalue weighted by molar-refractivity contribution is 6.39. The van der Waals surface area contributed by atoms with Gasteiger partial charge in [0, 0.05) is 25.9 Å². The van der Waals surface area contributed by atoms with Gasteiger partial charge in [0.2, 0.25) is 5.91 Å². The first-order valence-electron chi connectivity index (χ1n) is 6.39. The van der Waals surface area contributed by atoms with Crippen LogP contribution in [0.5, 0.6) is 0 Å². The number of benzene rings is 1. The van der Waals surface area contributed by atoms with Crippen LogP contribution in [-0.4, -0.2) is 29.0 Å². The van der Waals surface area contributed by atoms with Crippen LogP contribution in [0.4, 0.5) is 0 Å². The number of hydrogen-bond acceptors (Lipinski definition) is 3. The van der Waals surface area contributed by atoms with Gasteiger partial charge in [0.1, 0.15) is 5.71 Å². The van der Waals surface area contributed by atoms with E-state index >= 15 is 0 Å². The highest BCUT2D eigenvalue weighted by Gasteiger charge is 2.22. The maximum Gasteiger partial charge on any atom is 0.270 e. The zero-order chi connectivity index (χ0) is 13.7. The van der Waals surface area contributed by atoms with Crippen LogP contribution < -0.4 is 5.43 Å². The Kier molecular flexibility index (Phi) is 4.28. The number of hydrazone groups is 1. The summed E-state index contributed by atoms with van der Waals surface area (Å²) in [6.45, 7) is 3.10. The Hall–Kier alpha value is -2.17. The van der Waals surface area contributed by atoms with Gasteiger partial charge in [-0.3, -0.25) is 9.59 Å². The molecule has 1 aliphatic rings. The molecular formula is C14H17N3O2. The topological polar surface area (TPSA) is 61.8 Å². The van der Waals surface area contributed by atoms with Crippen molar-refractivity contribution in [2.75, 3.05) is 6.54 Å². The zero-order valence-corrected chi connectivity index (χ0v) is 10.9. The molecule has 19 heavy (non-hydrogen) atoms. The van der Waals surface area contributed by atoms with Crippen molar-refractivity contribution in [3.8, 4) is 0 Å². The van der Waals surface area contributed by atoms with Crippen LogP contribution in [0.2, 0.25) is 0 Å². The van der Waals surface area contributed by atoms with Gasteiger partial charge in [-0.2, -0.15) is 5.10 Å². The summed E-state index contributed by atoms with van der Waals surface area (Å²) in [7, 11) is 0. The first-order chi connectivity index (χ1) is 9.20. The lowest BCUT2D eigenvalue weighted by molar-refractivity contribution is -0.125. The van der Waals surface area contributed by atoms with Gasteiger partial charge in [-0.15, -0.1) is 0 Å². The van der Waals surface area contributed by atoms with Gasteiger partial charge in [-0.1, -0.05) is 30.3 Å². The molecule has 5 heteroatoms. The molecule has 2 rings (SSSR count). The SMILES string of the molecule is CCN(Cc1ccccc1)C(=O)C1=NNC(=O)CC1. The summed E-state index contributed by atoms with van der Waals surface area (Å²) >= 11 is 0. The Morgan fingerprint density at radius 3 is 2.63 bits per heavy atom. The molecule has 1 aromatic carbocycles. The first-order valence-corrected chi connectivity index (χ1v) is 6.39. The molecule has 1 N–H and O–H groups in total. The average molecular weight is 259 g/mol. The van der Waals surface area contributed by atoms with Crippen molar-refractivity contribution in [1.29, 1.82) is 0 Å². The van der Waals surface area contributed by atoms with Gasteiger partial charge in [-0.25, -0.2) is 5.43 Å². The molecule has 1 heterocycles. The summed E-state index contributed by atoms with van der Waals surface area (Å²) < 4.78 is 0. The fourth-order valence-corrected chi connectivity index (χ4v) is 1.94. The van der Waals surface area contributed by atoms with E-state index < -0.39 is 0 Å². The van der Waals surface area contributed by atoms with Crippen molar-refractivity contribution in [3.63, 3.8) is 0 Å². The minimum absolute atomic E-state index is 0.105. The van der Waals surface area contributed by atoms with Crippen LogP contribution in [0.1, 0.15) is 25.3 Å². The lowest BCUT2D eigenvalue weighted by Crippen LogP contribution is -2.39. The lowest BCUT2D eigenvalue weighted by Gasteiger charge is -2.23. The van der Waals surface area contributed by atoms with Gasteiger partial charge in [0.25, 0.3) is 5.91 Å². The van der Waals surface area contributed by atoms with E-state index in [1.54, 1.807) is 4.90 Å². The molecule has 0 saturated carbocycles. The van der Waals surface area contributed by atoms with Gasteiger partial charge < -0.3 is 4.90 Å². The van der Waals surface area contributed by atoms with E-state index in [1.807, 2.05) is 37.3 Å². The quantitative estimate of drug-likeness (QED) is 0.886. The monoisotopic (exact) mass is 259 g/mol. The molecule has 0 aliphatic carbocycles. The molecule has 0 bridgehead atoms. The van der Waals surface area contributed by atoms with E-state index in [2.05, 4.69) is 10.5 Å². The molecule has 1 aliphatic heterocycles. The zero-order valence-electron chi connectivity index (χ0n) is 10.9. The summed E-state index contributed by atoms with van der Waals surface area (Å²) in [5.41, 5.74) is 3.87. The smallest absolute Gasteiger partial charge is 0.270 e. The molecule has 2 amide bonds. The van der Waals surface area contributed by atoms with Gasteiger partial charge in [0.15, 0.2) is 0 Å². The number of carbonyl (C=O) groups excluding carboxylic acids is 2. The third-order valence-electron chi connectivity index (χ3n) is 3.04. The third-order valence-corrected chi connectivity index (χ3v) is 3.04. The number of nitrogens with one attached hydrogen (secondary N) is 1. The van der Waals surface area contributed by atoms with Crippen molar-refractivity contribution in [2.24, 2.45) is 5.10 Å². The highest BCUT2D eigenvalue weighted by Crippen LogP contribution is 2.08. The minimum atomic E-state index is -0.136. The van der Waals surface area contributed by atoms with E-state index in [1.165, 1.54) is 0 Å². The van der Waals surface area contributed by atoms with E-state index in [0.29, 0.717) is 31.6 Å². The molecule has 0 unspecified atom stereocenters. The summed E-state index contributed by atoms with van der Waals surface area (Å²) in [5.74, 6) is -0.242. The van der Waals surface area contributed by atoms with Gasteiger partial charge >= 0.3 is 0 Å². The van der Waals surface area contributed by atoms with Gasteiger partial charge in [-0.05, 0) is 12.5 Å². The molecule has 0 atom stereocenters. The van der Waals surface area contributed by atoms with Crippen LogP contribution in [0.15, 0.2) is 35.4 Å². The van der Waals surface area contributed by atoms with Crippen LogP contribution in [-0.2, 0) is 16.1 Å². The Labute approximate surface area is 112 Å². The second-order valence-electron chi connectivity index (χ2n) is 4.40. The van der Waals surface area contributed by atoms with Crippen LogP contribution in [0, 0.1) is 0 Å². The predicted molar refractivity (Wildman–Crippen MR) is 72.3 cm³/mol. The summed E-state index contributed by atoms with van der Waals surface area (Å²) in [6.07, 6.45) is 0.740. The lowest BCUT2D eigenvalue weighted by atomic mass is 10.1. The van der Waals surface area contributed by atoms with Crippen LogP contribution >= 0.6 is 0 Å². The summed E-state index contributed by atoms with van der Waals surface area (Å²) in [6, 6.07) is 9.82. The maximum absolute atomic E-state index is 12.3. The Bertz CT molecular complexity index is 497. The summed E-state index contributed by atoms with van der Waals surface area (Å²) in [4.78, 5) is 25.0. The molecule has 0 fully saturated rings. The van der Waals surface area contributed by atoms with Crippen molar-refractivity contribution in [1.82, 2.24) is 10.3 Å². The predicted octanol–water partition coefficient (Wildman–Crippen LogP) is 1.30. The third kappa shape index (κ3) is 3.40. The molecule has 1 aromatic rings. The minimum Gasteiger partial charge on any atom is -0.333 e. The molecular weight excluding hydrogens is 242 g/mol. The van der Waals surface area contributed by atoms with E-state index in [0.717, 1.165) is 5.56 Å². The van der Waals surface area contributed by atoms with Crippen molar-refractivity contribution < 1.29 is 9.59 Å². The Balaban J connectivity index is 2.05. The van der Waals surface area contributed by atoms with Gasteiger partial charge in [0.05, 0.1) is 0 Å². The molecule has 0 radical (unpaired) electrons. The van der Waals surface area contributed by atoms with Crippen LogP contribution in [0.25, 0.3) is 0 Å². The molecule has 100 valence electrons. The first kappa shape index (κ1) is 13.3. The number of rotatable bonds is 4. The number of carbonyl (C=O) groups is 2. The Morgan fingerprint density at radius 1 is 1.32 bits per heavy atom. The average Bonchev–Trinajstić information content (AvgIpc) is 2.46. The van der Waals surface area contributed by atoms with Crippen molar-refractivity contribution >= 4 is 17.5 Å². The molecule has 0 spiro atoms. The van der Waals surface area contributed by atoms with E-state index in [9.17, 15) is 9.59 Å². The van der Waals surface area contributed by atoms with E-state index in [-0.39, 0.29) is 11.8 Å². The number of amides is 2. The number of nitrogens with zero attached hydrogens (tertiary/aromatic N) is 2. The standard InChI is InChI=1S/C14H17N3O2/c1-2-17(10-11-6-4-3-5-7-11)14(19)12-8-9-13(18)16-15-12/h3-7H,2,8-10H2,1H3,(H,16,18). The summed E-state index contributed by atoms with van der Waals surface area (Å²) in [5, 5.41) is 3.85. The van der Waals surface area contributed by atoms with Crippen LogP contribution in [0.3, 0.4) is 0 Å². The second-order valence-corrected chi connectivity index (χ2v) is 4.40. The fraction of sp³-hybridized carbons (Fsp3) is 0.357. The molecule has 0 saturated heterocycles. The van der Waals surface area contributed by atoms with E-state index in [4.69, 9.17) is 0 Å². The Morgan fingerprint density at radius 2 is 2.05 bits per heavy atom. The largest absolute Gasteiger partial charge is 0.333 e. The maximum atomic E-state index is 12.3. The highest BCUT2D eigenvalue weighted by atomic mass is 16.2. The molecule has 0 aromatic heterocycles. The molecule has 5 nitrogen and oxygen atoms in total. The van der Waals surface area contributed by atoms with Crippen molar-refractivity contribution in [3.05, 3.63) is 35.9 Å². The number of hydrogen-bond donors (Lipinski definition) is 1. The second kappa shape index (κ2) is 6.13.